The Hall–Kier alpha value is -1.000. The van der Waals surface area contributed by atoms with Crippen LogP contribution >= 0.6 is 22.9 Å². The predicted molar refractivity (Wildman–Crippen MR) is 57.0 cm³/mol. The van der Waals surface area contributed by atoms with Crippen LogP contribution in [0.4, 0.5) is 8.78 Å². The van der Waals surface area contributed by atoms with Crippen LogP contribution in [0.5, 0.6) is 0 Å². The van der Waals surface area contributed by atoms with Crippen molar-refractivity contribution in [1.82, 2.24) is 4.98 Å². The van der Waals surface area contributed by atoms with E-state index in [1.807, 2.05) is 0 Å². The van der Waals surface area contributed by atoms with Crippen LogP contribution in [0.1, 0.15) is 4.88 Å². The Balaban J connectivity index is 2.44. The Bertz CT molecular complexity index is 464. The minimum absolute atomic E-state index is 0.357. The van der Waals surface area contributed by atoms with Crippen LogP contribution in [0.2, 0.25) is 0 Å². The fraction of sp³-hybridized carbons (Fsp3) is 0.100. The normalized spacial score (nSPS) is 10.6. The van der Waals surface area contributed by atoms with E-state index in [0.717, 1.165) is 10.9 Å². The number of thiazole rings is 1. The zero-order valence-electron chi connectivity index (χ0n) is 7.51. The molecule has 0 spiro atoms. The van der Waals surface area contributed by atoms with Crippen molar-refractivity contribution >= 4 is 22.9 Å². The Morgan fingerprint density at radius 1 is 1.20 bits per heavy atom. The van der Waals surface area contributed by atoms with E-state index in [1.165, 1.54) is 23.5 Å². The lowest BCUT2D eigenvalue weighted by atomic mass is 10.2. The van der Waals surface area contributed by atoms with E-state index >= 15 is 0 Å². The first-order valence-electron chi connectivity index (χ1n) is 4.16. The second-order valence-electron chi connectivity index (χ2n) is 2.92. The van der Waals surface area contributed by atoms with Crippen LogP contribution in [0.3, 0.4) is 0 Å². The molecule has 1 nitrogen and oxygen atoms in total. The molecule has 0 N–H and O–H groups in total. The van der Waals surface area contributed by atoms with Gasteiger partial charge in [0.1, 0.15) is 16.6 Å². The van der Waals surface area contributed by atoms with Crippen LogP contribution in [0.15, 0.2) is 24.4 Å². The second-order valence-corrected chi connectivity index (χ2v) is 4.31. The highest BCUT2D eigenvalue weighted by molar-refractivity contribution is 7.15. The summed E-state index contributed by atoms with van der Waals surface area (Å²) in [5.74, 6) is -0.851. The molecule has 15 heavy (non-hydrogen) atoms. The van der Waals surface area contributed by atoms with E-state index < -0.39 is 11.6 Å². The van der Waals surface area contributed by atoms with Gasteiger partial charge in [-0.25, -0.2) is 13.8 Å². The summed E-state index contributed by atoms with van der Waals surface area (Å²) in [7, 11) is 0. The number of nitrogens with zero attached hydrogens (tertiary/aromatic N) is 1. The lowest BCUT2D eigenvalue weighted by Gasteiger charge is -1.96. The van der Waals surface area contributed by atoms with Crippen molar-refractivity contribution in [2.75, 3.05) is 0 Å². The van der Waals surface area contributed by atoms with E-state index in [9.17, 15) is 8.78 Å². The molecule has 78 valence electrons. The van der Waals surface area contributed by atoms with Crippen molar-refractivity contribution < 1.29 is 8.78 Å². The zero-order chi connectivity index (χ0) is 10.8. The predicted octanol–water partition coefficient (Wildman–Crippen LogP) is 3.83. The third kappa shape index (κ3) is 2.33. The molecule has 0 aliphatic carbocycles. The van der Waals surface area contributed by atoms with Crippen molar-refractivity contribution in [2.45, 2.75) is 5.88 Å². The molecule has 1 aromatic heterocycles. The second kappa shape index (κ2) is 4.24. The smallest absolute Gasteiger partial charge is 0.126 e. The van der Waals surface area contributed by atoms with Crippen LogP contribution in [-0.4, -0.2) is 4.98 Å². The van der Waals surface area contributed by atoms with Gasteiger partial charge in [-0.15, -0.1) is 22.9 Å². The molecular formula is C10H6ClF2NS. The first kappa shape index (κ1) is 10.5. The molecule has 1 heterocycles. The van der Waals surface area contributed by atoms with Crippen LogP contribution in [0, 0.1) is 11.6 Å². The first-order chi connectivity index (χ1) is 7.19. The third-order valence-corrected chi connectivity index (χ3v) is 3.29. The number of hydrogen-bond donors (Lipinski definition) is 0. The quantitative estimate of drug-likeness (QED) is 0.733. The summed E-state index contributed by atoms with van der Waals surface area (Å²) in [5, 5.41) is 0.573. The van der Waals surface area contributed by atoms with Gasteiger partial charge >= 0.3 is 0 Å². The van der Waals surface area contributed by atoms with Gasteiger partial charge in [-0.3, -0.25) is 0 Å². The number of alkyl halides is 1. The van der Waals surface area contributed by atoms with E-state index in [1.54, 1.807) is 6.20 Å². The Kier molecular flexibility index (Phi) is 2.98. The molecule has 1 aromatic carbocycles. The van der Waals surface area contributed by atoms with E-state index in [4.69, 9.17) is 11.6 Å². The fourth-order valence-electron chi connectivity index (χ4n) is 1.18. The van der Waals surface area contributed by atoms with Crippen molar-refractivity contribution in [3.8, 4) is 10.6 Å². The minimum atomic E-state index is -0.604. The topological polar surface area (TPSA) is 12.9 Å². The molecule has 0 saturated carbocycles. The monoisotopic (exact) mass is 245 g/mol. The highest BCUT2D eigenvalue weighted by atomic mass is 35.5. The summed E-state index contributed by atoms with van der Waals surface area (Å²) in [4.78, 5) is 4.91. The van der Waals surface area contributed by atoms with E-state index in [2.05, 4.69) is 4.98 Å². The molecule has 0 saturated heterocycles. The van der Waals surface area contributed by atoms with Crippen molar-refractivity contribution in [1.29, 1.82) is 0 Å². The molecule has 0 unspecified atom stereocenters. The molecule has 2 aromatic rings. The average molecular weight is 246 g/mol. The van der Waals surface area contributed by atoms with Gasteiger partial charge in [0.05, 0.1) is 5.88 Å². The van der Waals surface area contributed by atoms with Crippen molar-refractivity contribution in [3.63, 3.8) is 0 Å². The molecule has 0 bridgehead atoms. The number of rotatable bonds is 2. The van der Waals surface area contributed by atoms with Crippen LogP contribution in [0.25, 0.3) is 10.6 Å². The standard InChI is InChI=1S/C10H6ClF2NS/c11-4-9-5-14-10(15-9)6-1-7(12)3-8(13)2-6/h1-3,5H,4H2. The summed E-state index contributed by atoms with van der Waals surface area (Å²) in [6.45, 7) is 0. The molecule has 5 heteroatoms. The zero-order valence-corrected chi connectivity index (χ0v) is 9.08. The summed E-state index contributed by atoms with van der Waals surface area (Å²) in [6.07, 6.45) is 1.61. The molecule has 0 amide bonds. The van der Waals surface area contributed by atoms with Gasteiger partial charge in [0.15, 0.2) is 0 Å². The lowest BCUT2D eigenvalue weighted by molar-refractivity contribution is 0.584. The Labute approximate surface area is 94.3 Å². The summed E-state index contributed by atoms with van der Waals surface area (Å²) in [6, 6.07) is 3.33. The van der Waals surface area contributed by atoms with Gasteiger partial charge in [-0.2, -0.15) is 0 Å². The SMILES string of the molecule is Fc1cc(F)cc(-c2ncc(CCl)s2)c1. The molecule has 2 rings (SSSR count). The summed E-state index contributed by atoms with van der Waals surface area (Å²) >= 11 is 6.94. The van der Waals surface area contributed by atoms with E-state index in [0.29, 0.717) is 16.5 Å². The maximum atomic E-state index is 12.9. The van der Waals surface area contributed by atoms with Gasteiger partial charge in [0.2, 0.25) is 0 Å². The van der Waals surface area contributed by atoms with Gasteiger partial charge in [-0.05, 0) is 12.1 Å². The fourth-order valence-corrected chi connectivity index (χ4v) is 2.16. The third-order valence-electron chi connectivity index (χ3n) is 1.79. The van der Waals surface area contributed by atoms with E-state index in [-0.39, 0.29) is 0 Å². The largest absolute Gasteiger partial charge is 0.244 e. The van der Waals surface area contributed by atoms with Crippen molar-refractivity contribution in [2.24, 2.45) is 0 Å². The molecule has 0 aliphatic heterocycles. The maximum absolute atomic E-state index is 12.9. The molecule has 0 fully saturated rings. The number of aromatic nitrogens is 1. The van der Waals surface area contributed by atoms with Crippen LogP contribution < -0.4 is 0 Å². The molecular weight excluding hydrogens is 240 g/mol. The molecule has 0 atom stereocenters. The van der Waals surface area contributed by atoms with Gasteiger partial charge in [0.25, 0.3) is 0 Å². The Morgan fingerprint density at radius 3 is 2.40 bits per heavy atom. The van der Waals surface area contributed by atoms with Gasteiger partial charge < -0.3 is 0 Å². The minimum Gasteiger partial charge on any atom is -0.244 e. The summed E-state index contributed by atoms with van der Waals surface area (Å²) in [5.41, 5.74) is 0.439. The summed E-state index contributed by atoms with van der Waals surface area (Å²) < 4.78 is 25.8. The number of halogens is 3. The number of benzene rings is 1. The highest BCUT2D eigenvalue weighted by Gasteiger charge is 2.07. The average Bonchev–Trinajstić information content (AvgIpc) is 2.64. The van der Waals surface area contributed by atoms with Crippen LogP contribution in [-0.2, 0) is 5.88 Å². The van der Waals surface area contributed by atoms with Gasteiger partial charge in [0, 0.05) is 22.7 Å². The molecule has 0 aliphatic rings. The van der Waals surface area contributed by atoms with Crippen molar-refractivity contribution in [3.05, 3.63) is 40.9 Å². The first-order valence-corrected chi connectivity index (χ1v) is 5.51. The number of hydrogen-bond acceptors (Lipinski definition) is 2. The molecule has 0 radical (unpaired) electrons. The Morgan fingerprint density at radius 2 is 1.87 bits per heavy atom. The lowest BCUT2D eigenvalue weighted by Crippen LogP contribution is -1.82. The van der Waals surface area contributed by atoms with Gasteiger partial charge in [-0.1, -0.05) is 0 Å². The maximum Gasteiger partial charge on any atom is 0.126 e. The highest BCUT2D eigenvalue weighted by Crippen LogP contribution is 2.27.